The van der Waals surface area contributed by atoms with Gasteiger partial charge in [0.25, 0.3) is 5.91 Å². The van der Waals surface area contributed by atoms with E-state index in [1.54, 1.807) is 6.20 Å². The van der Waals surface area contributed by atoms with Crippen LogP contribution in [0.3, 0.4) is 0 Å². The number of carbonyl (C=O) groups is 1. The Morgan fingerprint density at radius 1 is 1.27 bits per heavy atom. The molecule has 1 unspecified atom stereocenters. The van der Waals surface area contributed by atoms with E-state index < -0.39 is 0 Å². The molecular formula is C20H29ClN4O. The van der Waals surface area contributed by atoms with E-state index >= 15 is 0 Å². The second-order valence-electron chi connectivity index (χ2n) is 7.66. The predicted molar refractivity (Wildman–Crippen MR) is 107 cm³/mol. The third-order valence-electron chi connectivity index (χ3n) is 4.79. The summed E-state index contributed by atoms with van der Waals surface area (Å²) in [5.74, 6) is 0.0570. The molecule has 1 aliphatic rings. The first kappa shape index (κ1) is 20.5. The molecular weight excluding hydrogens is 348 g/mol. The van der Waals surface area contributed by atoms with Gasteiger partial charge in [0.2, 0.25) is 0 Å². The van der Waals surface area contributed by atoms with Crippen molar-refractivity contribution in [2.45, 2.75) is 45.7 Å². The number of hydrogen-bond acceptors (Lipinski definition) is 3. The van der Waals surface area contributed by atoms with Crippen molar-refractivity contribution in [2.24, 2.45) is 0 Å². The van der Waals surface area contributed by atoms with Gasteiger partial charge in [0, 0.05) is 25.8 Å². The number of nitrogens with one attached hydrogen (secondary N) is 1. The van der Waals surface area contributed by atoms with E-state index in [-0.39, 0.29) is 29.9 Å². The topological polar surface area (TPSA) is 50.2 Å². The standard InChI is InChI=1S/C20H28N4O.ClH/c1-5-15-6-8-16(9-7-15)18-13-21-10-11-23(18)19(25)17-12-22-24(14-17)20(2,3)4;/h6-9,12,14,18,21H,5,10-11,13H2,1-4H3;1H. The van der Waals surface area contributed by atoms with E-state index in [4.69, 9.17) is 0 Å². The molecule has 1 saturated heterocycles. The van der Waals surface area contributed by atoms with Gasteiger partial charge in [-0.1, -0.05) is 31.2 Å². The lowest BCUT2D eigenvalue weighted by molar-refractivity contribution is 0.0634. The summed E-state index contributed by atoms with van der Waals surface area (Å²) < 4.78 is 1.85. The summed E-state index contributed by atoms with van der Waals surface area (Å²) in [5.41, 5.74) is 3.03. The van der Waals surface area contributed by atoms with Gasteiger partial charge in [-0.05, 0) is 38.3 Å². The maximum absolute atomic E-state index is 13.1. The Kier molecular flexibility index (Phi) is 6.48. The number of amides is 1. The van der Waals surface area contributed by atoms with Gasteiger partial charge in [-0.25, -0.2) is 0 Å². The molecule has 3 rings (SSSR count). The highest BCUT2D eigenvalue weighted by molar-refractivity contribution is 5.94. The van der Waals surface area contributed by atoms with Crippen molar-refractivity contribution in [3.05, 3.63) is 53.3 Å². The van der Waals surface area contributed by atoms with Crippen LogP contribution in [0.1, 0.15) is 55.2 Å². The quantitative estimate of drug-likeness (QED) is 0.893. The van der Waals surface area contributed by atoms with Gasteiger partial charge in [0.15, 0.2) is 0 Å². The summed E-state index contributed by atoms with van der Waals surface area (Å²) in [6, 6.07) is 8.67. The fourth-order valence-corrected chi connectivity index (χ4v) is 3.19. The number of halogens is 1. The van der Waals surface area contributed by atoms with Crippen molar-refractivity contribution >= 4 is 18.3 Å². The molecule has 1 fully saturated rings. The third kappa shape index (κ3) is 4.27. The van der Waals surface area contributed by atoms with E-state index in [1.165, 1.54) is 11.1 Å². The monoisotopic (exact) mass is 376 g/mol. The number of piperazine rings is 1. The number of rotatable bonds is 3. The van der Waals surface area contributed by atoms with Crippen LogP contribution in [0.5, 0.6) is 0 Å². The van der Waals surface area contributed by atoms with Gasteiger partial charge in [-0.2, -0.15) is 5.10 Å². The van der Waals surface area contributed by atoms with Crippen LogP contribution < -0.4 is 5.32 Å². The van der Waals surface area contributed by atoms with Crippen molar-refractivity contribution in [2.75, 3.05) is 19.6 Å². The Bertz CT molecular complexity index is 733. The number of nitrogens with zero attached hydrogens (tertiary/aromatic N) is 3. The molecule has 5 nitrogen and oxygen atoms in total. The highest BCUT2D eigenvalue weighted by Gasteiger charge is 2.29. The third-order valence-corrected chi connectivity index (χ3v) is 4.79. The SMILES string of the molecule is CCc1ccc(C2CNCCN2C(=O)c2cnn(C(C)(C)C)c2)cc1.Cl. The molecule has 1 N–H and O–H groups in total. The molecule has 0 radical (unpaired) electrons. The van der Waals surface area contributed by atoms with Crippen molar-refractivity contribution in [1.29, 1.82) is 0 Å². The largest absolute Gasteiger partial charge is 0.329 e. The van der Waals surface area contributed by atoms with E-state index in [0.717, 1.165) is 19.5 Å². The van der Waals surface area contributed by atoms with Crippen LogP contribution in [0.25, 0.3) is 0 Å². The molecule has 0 bridgehead atoms. The van der Waals surface area contributed by atoms with Crippen LogP contribution in [0.15, 0.2) is 36.7 Å². The molecule has 2 aromatic rings. The van der Waals surface area contributed by atoms with Crippen LogP contribution in [0.2, 0.25) is 0 Å². The Morgan fingerprint density at radius 3 is 2.54 bits per heavy atom. The van der Waals surface area contributed by atoms with Gasteiger partial charge >= 0.3 is 0 Å². The minimum atomic E-state index is -0.128. The van der Waals surface area contributed by atoms with Gasteiger partial charge in [-0.3, -0.25) is 9.48 Å². The summed E-state index contributed by atoms with van der Waals surface area (Å²) in [6.07, 6.45) is 4.58. The van der Waals surface area contributed by atoms with Crippen molar-refractivity contribution < 1.29 is 4.79 Å². The molecule has 0 saturated carbocycles. The molecule has 2 heterocycles. The van der Waals surface area contributed by atoms with Crippen LogP contribution in [0, 0.1) is 0 Å². The summed E-state index contributed by atoms with van der Waals surface area (Å²) in [7, 11) is 0. The van der Waals surface area contributed by atoms with Gasteiger partial charge in [0.05, 0.1) is 23.3 Å². The molecule has 26 heavy (non-hydrogen) atoms. The van der Waals surface area contributed by atoms with Crippen LogP contribution in [0.4, 0.5) is 0 Å². The molecule has 1 atom stereocenters. The molecule has 142 valence electrons. The number of benzene rings is 1. The Labute approximate surface area is 162 Å². The zero-order chi connectivity index (χ0) is 18.0. The molecule has 1 amide bonds. The summed E-state index contributed by atoms with van der Waals surface area (Å²) in [6.45, 7) is 10.7. The second-order valence-corrected chi connectivity index (χ2v) is 7.66. The first-order valence-electron chi connectivity index (χ1n) is 9.06. The smallest absolute Gasteiger partial charge is 0.257 e. The van der Waals surface area contributed by atoms with Crippen LogP contribution in [-0.2, 0) is 12.0 Å². The summed E-state index contributed by atoms with van der Waals surface area (Å²) in [4.78, 5) is 15.1. The zero-order valence-corrected chi connectivity index (χ0v) is 16.8. The van der Waals surface area contributed by atoms with Gasteiger partial charge in [-0.15, -0.1) is 12.4 Å². The highest BCUT2D eigenvalue weighted by Crippen LogP contribution is 2.25. The normalized spacial score (nSPS) is 17.7. The molecule has 1 aromatic carbocycles. The highest BCUT2D eigenvalue weighted by atomic mass is 35.5. The van der Waals surface area contributed by atoms with Crippen LogP contribution >= 0.6 is 12.4 Å². The first-order valence-corrected chi connectivity index (χ1v) is 9.06. The Balaban J connectivity index is 0.00000243. The lowest BCUT2D eigenvalue weighted by Gasteiger charge is -2.36. The average molecular weight is 377 g/mol. The second kappa shape index (κ2) is 8.23. The Hall–Kier alpha value is -1.85. The fraction of sp³-hybridized carbons (Fsp3) is 0.500. The molecule has 0 spiro atoms. The van der Waals surface area contributed by atoms with Gasteiger partial charge < -0.3 is 10.2 Å². The van der Waals surface area contributed by atoms with E-state index in [2.05, 4.69) is 62.4 Å². The van der Waals surface area contributed by atoms with E-state index in [0.29, 0.717) is 12.1 Å². The molecule has 0 aliphatic carbocycles. The molecule has 6 heteroatoms. The van der Waals surface area contributed by atoms with Crippen LogP contribution in [-0.4, -0.2) is 40.2 Å². The average Bonchev–Trinajstić information content (AvgIpc) is 3.12. The van der Waals surface area contributed by atoms with Crippen molar-refractivity contribution in [3.63, 3.8) is 0 Å². The number of hydrogen-bond donors (Lipinski definition) is 1. The van der Waals surface area contributed by atoms with E-state index in [1.807, 2.05) is 15.8 Å². The lowest BCUT2D eigenvalue weighted by Crippen LogP contribution is -2.48. The Morgan fingerprint density at radius 2 is 1.96 bits per heavy atom. The maximum atomic E-state index is 13.1. The zero-order valence-electron chi connectivity index (χ0n) is 16.0. The molecule has 1 aromatic heterocycles. The first-order chi connectivity index (χ1) is 11.9. The minimum Gasteiger partial charge on any atom is -0.329 e. The summed E-state index contributed by atoms with van der Waals surface area (Å²) >= 11 is 0. The number of aryl methyl sites for hydroxylation is 1. The minimum absolute atomic E-state index is 0. The molecule has 1 aliphatic heterocycles. The van der Waals surface area contributed by atoms with Crippen molar-refractivity contribution in [1.82, 2.24) is 20.0 Å². The fourth-order valence-electron chi connectivity index (χ4n) is 3.19. The predicted octanol–water partition coefficient (Wildman–Crippen LogP) is 3.41. The van der Waals surface area contributed by atoms with E-state index in [9.17, 15) is 4.79 Å². The summed E-state index contributed by atoms with van der Waals surface area (Å²) in [5, 5.41) is 7.79. The number of aromatic nitrogens is 2. The van der Waals surface area contributed by atoms with Crippen molar-refractivity contribution in [3.8, 4) is 0 Å². The number of carbonyl (C=O) groups excluding carboxylic acids is 1. The van der Waals surface area contributed by atoms with Gasteiger partial charge in [0.1, 0.15) is 0 Å². The maximum Gasteiger partial charge on any atom is 0.257 e. The lowest BCUT2D eigenvalue weighted by atomic mass is 10.0.